The third-order valence-corrected chi connectivity index (χ3v) is 9.74. The van der Waals surface area contributed by atoms with E-state index in [0.717, 1.165) is 37.1 Å². The van der Waals surface area contributed by atoms with Gasteiger partial charge in [0.05, 0.1) is 36.2 Å². The third-order valence-electron chi connectivity index (χ3n) is 9.74. The van der Waals surface area contributed by atoms with Crippen LogP contribution in [0, 0.1) is 12.3 Å². The highest BCUT2D eigenvalue weighted by molar-refractivity contribution is 5.98. The van der Waals surface area contributed by atoms with Crippen LogP contribution in [0.1, 0.15) is 24.0 Å². The molecule has 6 aromatic rings. The van der Waals surface area contributed by atoms with Crippen LogP contribution in [0.5, 0.6) is 17.2 Å². The largest absolute Gasteiger partial charge is 0.492 e. The Bertz CT molecular complexity index is 2400. The van der Waals surface area contributed by atoms with Gasteiger partial charge in [-0.1, -0.05) is 24.1 Å². The number of fused-ring (bicyclic) bond motifs is 1. The normalized spacial score (nSPS) is 14.3. The Kier molecular flexibility index (Phi) is 12.8. The second kappa shape index (κ2) is 18.5. The summed E-state index contributed by atoms with van der Waals surface area (Å²) >= 11 is 0. The molecule has 1 fully saturated rings. The number of likely N-dealkylation sites (N-methyl/N-ethyl adjacent to an activating group) is 1. The van der Waals surface area contributed by atoms with Crippen molar-refractivity contribution in [2.24, 2.45) is 0 Å². The fraction of sp³-hybridized carbons (Fsp3) is 0.295. The first-order valence-electron chi connectivity index (χ1n) is 18.9. The number of hydrogen-bond acceptors (Lipinski definition) is 12. The summed E-state index contributed by atoms with van der Waals surface area (Å²) in [6.07, 6.45) is 5.96. The van der Waals surface area contributed by atoms with Crippen molar-refractivity contribution in [3.8, 4) is 40.9 Å². The van der Waals surface area contributed by atoms with Crippen LogP contribution < -0.4 is 24.4 Å². The predicted molar refractivity (Wildman–Crippen MR) is 218 cm³/mol. The topological polar surface area (TPSA) is 116 Å². The minimum absolute atomic E-state index is 0.0478. The van der Waals surface area contributed by atoms with Crippen molar-refractivity contribution in [3.05, 3.63) is 103 Å². The van der Waals surface area contributed by atoms with Gasteiger partial charge in [0.1, 0.15) is 25.6 Å². The number of rotatable bonds is 17. The standard InChI is InChI=1S/C44H43F3N6O6/c1-5-29-9-6-12-33(19-29)53(35-21-31(44(45,46)47)22-36(23-35)58-27-34-13-8-14-52(34)2)42-37-24-39(56-17-15-54-3)40(57-18-16-55-4)25-38(37)50-43(51-42)49-32-11-7-10-30(20-32)41-26-48-28-59-41/h1,6-7,9-12,19-26,28,34H,8,13-18,27H2,2-4H3,(H,49,50,51)/t34-/m1/s1. The molecular weight excluding hydrogens is 766 g/mol. The molecule has 7 rings (SSSR count). The van der Waals surface area contributed by atoms with Gasteiger partial charge in [-0.05, 0) is 75.0 Å². The van der Waals surface area contributed by atoms with Gasteiger partial charge in [-0.2, -0.15) is 18.2 Å². The van der Waals surface area contributed by atoms with Gasteiger partial charge in [-0.3, -0.25) is 4.90 Å². The molecule has 1 saturated heterocycles. The maximum Gasteiger partial charge on any atom is 0.416 e. The first-order valence-corrected chi connectivity index (χ1v) is 18.9. The van der Waals surface area contributed by atoms with Crippen LogP contribution in [0.4, 0.5) is 42.0 Å². The summed E-state index contributed by atoms with van der Waals surface area (Å²) in [5.74, 6) is 4.28. The molecule has 1 aliphatic heterocycles. The monoisotopic (exact) mass is 808 g/mol. The van der Waals surface area contributed by atoms with Crippen molar-refractivity contribution in [1.29, 1.82) is 0 Å². The molecule has 4 aromatic carbocycles. The minimum Gasteiger partial charge on any atom is -0.492 e. The van der Waals surface area contributed by atoms with Crippen LogP contribution in [0.25, 0.3) is 22.2 Å². The Morgan fingerprint density at radius 3 is 2.37 bits per heavy atom. The molecule has 0 amide bonds. The van der Waals surface area contributed by atoms with E-state index in [1.54, 1.807) is 67.8 Å². The van der Waals surface area contributed by atoms with E-state index < -0.39 is 11.7 Å². The highest BCUT2D eigenvalue weighted by atomic mass is 19.4. The molecule has 0 radical (unpaired) electrons. The van der Waals surface area contributed by atoms with Gasteiger partial charge in [0.2, 0.25) is 5.95 Å². The average Bonchev–Trinajstić information content (AvgIpc) is 3.93. The molecule has 3 heterocycles. The maximum atomic E-state index is 14.8. The lowest BCUT2D eigenvalue weighted by Gasteiger charge is -2.28. The lowest BCUT2D eigenvalue weighted by atomic mass is 10.1. The van der Waals surface area contributed by atoms with Crippen LogP contribution in [-0.4, -0.2) is 86.7 Å². The molecule has 1 N–H and O–H groups in total. The smallest absolute Gasteiger partial charge is 0.416 e. The molecule has 306 valence electrons. The fourth-order valence-corrected chi connectivity index (χ4v) is 6.75. The number of alkyl halides is 3. The number of anilines is 5. The fourth-order valence-electron chi connectivity index (χ4n) is 6.75. The van der Waals surface area contributed by atoms with Crippen molar-refractivity contribution in [2.75, 3.05) is 71.1 Å². The van der Waals surface area contributed by atoms with Crippen LogP contribution in [0.2, 0.25) is 0 Å². The van der Waals surface area contributed by atoms with E-state index in [9.17, 15) is 13.2 Å². The molecular formula is C44H43F3N6O6. The van der Waals surface area contributed by atoms with E-state index in [4.69, 9.17) is 44.5 Å². The summed E-state index contributed by atoms with van der Waals surface area (Å²) in [5, 5.41) is 3.72. The van der Waals surface area contributed by atoms with Gasteiger partial charge >= 0.3 is 6.18 Å². The van der Waals surface area contributed by atoms with Crippen LogP contribution in [0.3, 0.4) is 0 Å². The molecule has 12 nitrogen and oxygen atoms in total. The lowest BCUT2D eigenvalue weighted by Crippen LogP contribution is -2.30. The molecule has 0 unspecified atom stereocenters. The summed E-state index contributed by atoms with van der Waals surface area (Å²) in [4.78, 5) is 17.7. The van der Waals surface area contributed by atoms with E-state index in [1.165, 1.54) is 6.39 Å². The highest BCUT2D eigenvalue weighted by Gasteiger charge is 2.33. The van der Waals surface area contributed by atoms with E-state index in [2.05, 4.69) is 21.1 Å². The number of oxazole rings is 1. The van der Waals surface area contributed by atoms with Crippen molar-refractivity contribution < 1.29 is 41.3 Å². The summed E-state index contributed by atoms with van der Waals surface area (Å²) in [5.41, 5.74) is 1.88. The first kappa shape index (κ1) is 40.8. The Labute approximate surface area is 339 Å². The number of benzene rings is 4. The second-order valence-electron chi connectivity index (χ2n) is 13.8. The maximum absolute atomic E-state index is 14.8. The summed E-state index contributed by atoms with van der Waals surface area (Å²) in [6, 6.07) is 21.4. The summed E-state index contributed by atoms with van der Waals surface area (Å²) in [6.45, 7) is 2.07. The molecule has 1 atom stereocenters. The minimum atomic E-state index is -4.71. The van der Waals surface area contributed by atoms with Gasteiger partial charge in [0.25, 0.3) is 0 Å². The summed E-state index contributed by atoms with van der Waals surface area (Å²) in [7, 11) is 5.11. The number of methoxy groups -OCH3 is 2. The van der Waals surface area contributed by atoms with Gasteiger partial charge in [0.15, 0.2) is 29.5 Å². The number of terminal acetylenes is 1. The summed E-state index contributed by atoms with van der Waals surface area (Å²) < 4.78 is 78.8. The number of nitrogens with zero attached hydrogens (tertiary/aromatic N) is 5. The zero-order valence-electron chi connectivity index (χ0n) is 32.8. The van der Waals surface area contributed by atoms with Crippen molar-refractivity contribution >= 4 is 39.7 Å². The Morgan fingerprint density at radius 2 is 1.68 bits per heavy atom. The SMILES string of the molecule is C#Cc1cccc(N(c2cc(OC[C@H]3CCCN3C)cc(C(F)(F)F)c2)c2nc(Nc3cccc(-c4cnco4)c3)nc3cc(OCCOC)c(OCCOC)cc23)c1. The zero-order valence-corrected chi connectivity index (χ0v) is 32.8. The number of aromatic nitrogens is 3. The molecule has 15 heteroatoms. The third kappa shape index (κ3) is 9.86. The molecule has 59 heavy (non-hydrogen) atoms. The van der Waals surface area contributed by atoms with Crippen molar-refractivity contribution in [2.45, 2.75) is 25.1 Å². The van der Waals surface area contributed by atoms with E-state index in [-0.39, 0.29) is 55.7 Å². The van der Waals surface area contributed by atoms with E-state index in [0.29, 0.717) is 51.7 Å². The number of halogens is 3. The quantitative estimate of drug-likeness (QED) is 0.0700. The molecule has 0 aliphatic carbocycles. The number of nitrogens with one attached hydrogen (secondary N) is 1. The van der Waals surface area contributed by atoms with Gasteiger partial charge in [-0.15, -0.1) is 6.42 Å². The number of ether oxygens (including phenoxy) is 5. The van der Waals surface area contributed by atoms with Crippen LogP contribution >= 0.6 is 0 Å². The molecule has 2 aromatic heterocycles. The molecule has 0 spiro atoms. The lowest BCUT2D eigenvalue weighted by molar-refractivity contribution is -0.137. The van der Waals surface area contributed by atoms with Crippen molar-refractivity contribution in [3.63, 3.8) is 0 Å². The first-order chi connectivity index (χ1) is 28.6. The molecule has 1 aliphatic rings. The molecule has 0 saturated carbocycles. The van der Waals surface area contributed by atoms with Crippen LogP contribution in [-0.2, 0) is 15.7 Å². The van der Waals surface area contributed by atoms with Gasteiger partial charge in [0, 0.05) is 60.3 Å². The molecule has 0 bridgehead atoms. The van der Waals surface area contributed by atoms with Gasteiger partial charge in [-0.25, -0.2) is 9.97 Å². The van der Waals surface area contributed by atoms with Crippen LogP contribution in [0.15, 0.2) is 95.9 Å². The Morgan fingerprint density at radius 1 is 0.898 bits per heavy atom. The number of likely N-dealkylation sites (tertiary alicyclic amines) is 1. The Hall–Kier alpha value is -6.34. The highest BCUT2D eigenvalue weighted by Crippen LogP contribution is 2.45. The van der Waals surface area contributed by atoms with E-state index in [1.807, 2.05) is 31.3 Å². The Balaban J connectivity index is 1.45. The average molecular weight is 809 g/mol. The predicted octanol–water partition coefficient (Wildman–Crippen LogP) is 9.02. The van der Waals surface area contributed by atoms with E-state index >= 15 is 0 Å². The number of hydrogen-bond donors (Lipinski definition) is 1. The van der Waals surface area contributed by atoms with Gasteiger partial charge < -0.3 is 38.3 Å². The van der Waals surface area contributed by atoms with Crippen molar-refractivity contribution in [1.82, 2.24) is 19.9 Å². The zero-order chi connectivity index (χ0) is 41.4. The second-order valence-corrected chi connectivity index (χ2v) is 13.8.